The van der Waals surface area contributed by atoms with Gasteiger partial charge < -0.3 is 15.2 Å². The van der Waals surface area contributed by atoms with Crippen molar-refractivity contribution in [1.29, 1.82) is 5.26 Å². The number of carbonyl (C=O) groups is 1. The zero-order valence-corrected chi connectivity index (χ0v) is 11.1. The Labute approximate surface area is 115 Å². The average Bonchev–Trinajstić information content (AvgIpc) is 2.39. The molecule has 6 heteroatoms. The first-order valence-corrected chi connectivity index (χ1v) is 7.07. The molecule has 5 nitrogen and oxygen atoms in total. The van der Waals surface area contributed by atoms with E-state index in [1.807, 2.05) is 0 Å². The van der Waals surface area contributed by atoms with Crippen molar-refractivity contribution in [2.45, 2.75) is 18.6 Å². The second kappa shape index (κ2) is 5.85. The number of nitriles is 1. The fourth-order valence-electron chi connectivity index (χ4n) is 2.05. The molecule has 19 heavy (non-hydrogen) atoms. The standard InChI is InChI=1S/C13H14N2O3S/c14-9-10-2-1-3-11(8-10)15-13(18-12(16)17)4-6-19-7-5-13/h1-3,8,15H,4-7H2,(H,16,17). The molecule has 1 fully saturated rings. The lowest BCUT2D eigenvalue weighted by Crippen LogP contribution is -2.45. The lowest BCUT2D eigenvalue weighted by molar-refractivity contribution is -0.00620. The molecular formula is C13H14N2O3S. The molecule has 0 spiro atoms. The Morgan fingerprint density at radius 2 is 2.21 bits per heavy atom. The number of hydrogen-bond donors (Lipinski definition) is 2. The normalized spacial score (nSPS) is 17.2. The Morgan fingerprint density at radius 3 is 2.84 bits per heavy atom. The maximum Gasteiger partial charge on any atom is 0.507 e. The second-order valence-electron chi connectivity index (χ2n) is 4.29. The van der Waals surface area contributed by atoms with E-state index in [4.69, 9.17) is 15.1 Å². The van der Waals surface area contributed by atoms with Crippen molar-refractivity contribution in [1.82, 2.24) is 0 Å². The molecule has 0 bridgehead atoms. The van der Waals surface area contributed by atoms with Crippen LogP contribution in [0.3, 0.4) is 0 Å². The number of nitrogens with zero attached hydrogens (tertiary/aromatic N) is 1. The maximum atomic E-state index is 10.9. The highest BCUT2D eigenvalue weighted by molar-refractivity contribution is 7.99. The molecule has 0 unspecified atom stereocenters. The molecule has 0 saturated carbocycles. The van der Waals surface area contributed by atoms with Crippen LogP contribution >= 0.6 is 11.8 Å². The van der Waals surface area contributed by atoms with Gasteiger partial charge in [0.25, 0.3) is 0 Å². The molecule has 1 aliphatic heterocycles. The molecule has 0 radical (unpaired) electrons. The minimum atomic E-state index is -1.28. The smallest absolute Gasteiger partial charge is 0.450 e. The summed E-state index contributed by atoms with van der Waals surface area (Å²) in [5, 5.41) is 20.9. The highest BCUT2D eigenvalue weighted by Gasteiger charge is 2.36. The summed E-state index contributed by atoms with van der Waals surface area (Å²) in [6.45, 7) is 0. The highest BCUT2D eigenvalue weighted by atomic mass is 32.2. The summed E-state index contributed by atoms with van der Waals surface area (Å²) in [7, 11) is 0. The van der Waals surface area contributed by atoms with Crippen LogP contribution in [0.15, 0.2) is 24.3 Å². The van der Waals surface area contributed by atoms with Crippen LogP contribution in [0.25, 0.3) is 0 Å². The lowest BCUT2D eigenvalue weighted by Gasteiger charge is -2.36. The maximum absolute atomic E-state index is 10.9. The summed E-state index contributed by atoms with van der Waals surface area (Å²) in [6.07, 6.45) is -0.0579. The van der Waals surface area contributed by atoms with E-state index >= 15 is 0 Å². The van der Waals surface area contributed by atoms with Gasteiger partial charge in [-0.15, -0.1) is 0 Å². The zero-order valence-electron chi connectivity index (χ0n) is 10.3. The molecule has 2 N–H and O–H groups in total. The minimum Gasteiger partial charge on any atom is -0.450 e. The molecule has 0 aromatic heterocycles. The predicted molar refractivity (Wildman–Crippen MR) is 73.2 cm³/mol. The van der Waals surface area contributed by atoms with Crippen molar-refractivity contribution in [3.05, 3.63) is 29.8 Å². The van der Waals surface area contributed by atoms with E-state index in [9.17, 15) is 4.79 Å². The monoisotopic (exact) mass is 278 g/mol. The van der Waals surface area contributed by atoms with Crippen molar-refractivity contribution >= 4 is 23.6 Å². The molecule has 1 aromatic carbocycles. The van der Waals surface area contributed by atoms with E-state index in [-0.39, 0.29) is 0 Å². The summed E-state index contributed by atoms with van der Waals surface area (Å²) in [4.78, 5) is 10.9. The summed E-state index contributed by atoms with van der Waals surface area (Å²) in [6, 6.07) is 9.00. The fraction of sp³-hybridized carbons (Fsp3) is 0.385. The van der Waals surface area contributed by atoms with Gasteiger partial charge in [0, 0.05) is 18.5 Å². The lowest BCUT2D eigenvalue weighted by atomic mass is 10.1. The van der Waals surface area contributed by atoms with E-state index in [0.29, 0.717) is 24.1 Å². The van der Waals surface area contributed by atoms with E-state index in [2.05, 4.69) is 11.4 Å². The molecule has 0 amide bonds. The molecule has 1 heterocycles. The number of benzene rings is 1. The van der Waals surface area contributed by atoms with Crippen molar-refractivity contribution in [3.63, 3.8) is 0 Å². The third-order valence-electron chi connectivity index (χ3n) is 2.95. The quantitative estimate of drug-likeness (QED) is 0.653. The molecule has 0 aliphatic carbocycles. The number of hydrogen-bond acceptors (Lipinski definition) is 5. The highest BCUT2D eigenvalue weighted by Crippen LogP contribution is 2.32. The Morgan fingerprint density at radius 1 is 1.47 bits per heavy atom. The van der Waals surface area contributed by atoms with Gasteiger partial charge in [-0.1, -0.05) is 6.07 Å². The van der Waals surface area contributed by atoms with Crippen LogP contribution in [-0.2, 0) is 4.74 Å². The van der Waals surface area contributed by atoms with Gasteiger partial charge >= 0.3 is 6.16 Å². The van der Waals surface area contributed by atoms with Crippen LogP contribution in [-0.4, -0.2) is 28.5 Å². The SMILES string of the molecule is N#Cc1cccc(NC2(OC(=O)O)CCSCC2)c1. The van der Waals surface area contributed by atoms with Gasteiger partial charge in [-0.3, -0.25) is 0 Å². The molecular weight excluding hydrogens is 264 g/mol. The molecule has 100 valence electrons. The van der Waals surface area contributed by atoms with Crippen LogP contribution in [0.2, 0.25) is 0 Å². The third kappa shape index (κ3) is 3.55. The second-order valence-corrected chi connectivity index (χ2v) is 5.52. The van der Waals surface area contributed by atoms with Gasteiger partial charge in [-0.05, 0) is 29.7 Å². The third-order valence-corrected chi connectivity index (χ3v) is 3.93. The number of rotatable bonds is 3. The Hall–Kier alpha value is -1.87. The number of nitrogens with one attached hydrogen (secondary N) is 1. The summed E-state index contributed by atoms with van der Waals surface area (Å²) >= 11 is 1.78. The van der Waals surface area contributed by atoms with Gasteiger partial charge in [-0.25, -0.2) is 4.79 Å². The average molecular weight is 278 g/mol. The van der Waals surface area contributed by atoms with Crippen LogP contribution in [0.1, 0.15) is 18.4 Å². The van der Waals surface area contributed by atoms with E-state index in [1.54, 1.807) is 36.0 Å². The first-order valence-electron chi connectivity index (χ1n) is 5.92. The number of carboxylic acid groups (broad SMARTS) is 1. The van der Waals surface area contributed by atoms with Crippen LogP contribution in [0, 0.1) is 11.3 Å². The number of anilines is 1. The minimum absolute atomic E-state index is 0.528. The predicted octanol–water partition coefficient (Wildman–Crippen LogP) is 2.89. The molecule has 0 atom stereocenters. The van der Waals surface area contributed by atoms with Crippen LogP contribution < -0.4 is 5.32 Å². The fourth-order valence-corrected chi connectivity index (χ4v) is 3.20. The molecule has 1 aliphatic rings. The van der Waals surface area contributed by atoms with E-state index in [1.165, 1.54) is 0 Å². The van der Waals surface area contributed by atoms with Crippen molar-refractivity contribution in [2.75, 3.05) is 16.8 Å². The van der Waals surface area contributed by atoms with Crippen molar-refractivity contribution in [2.24, 2.45) is 0 Å². The first-order chi connectivity index (χ1) is 9.13. The largest absolute Gasteiger partial charge is 0.507 e. The van der Waals surface area contributed by atoms with Gasteiger partial charge in [0.05, 0.1) is 11.6 Å². The zero-order chi connectivity index (χ0) is 13.7. The first kappa shape index (κ1) is 13.6. The molecule has 1 aromatic rings. The van der Waals surface area contributed by atoms with E-state index < -0.39 is 11.9 Å². The Kier molecular flexibility index (Phi) is 4.17. The molecule has 1 saturated heterocycles. The van der Waals surface area contributed by atoms with Crippen LogP contribution in [0.4, 0.5) is 10.5 Å². The molecule has 2 rings (SSSR count). The summed E-state index contributed by atoms with van der Waals surface area (Å²) in [5.74, 6) is 1.69. The van der Waals surface area contributed by atoms with Gasteiger partial charge in [0.1, 0.15) is 0 Å². The van der Waals surface area contributed by atoms with Gasteiger partial charge in [-0.2, -0.15) is 17.0 Å². The number of ether oxygens (including phenoxy) is 1. The van der Waals surface area contributed by atoms with Gasteiger partial charge in [0.2, 0.25) is 0 Å². The van der Waals surface area contributed by atoms with Crippen molar-refractivity contribution in [3.8, 4) is 6.07 Å². The number of thioether (sulfide) groups is 1. The van der Waals surface area contributed by atoms with Crippen molar-refractivity contribution < 1.29 is 14.6 Å². The van der Waals surface area contributed by atoms with Crippen LogP contribution in [0.5, 0.6) is 0 Å². The van der Waals surface area contributed by atoms with E-state index in [0.717, 1.165) is 11.5 Å². The van der Waals surface area contributed by atoms with Gasteiger partial charge in [0.15, 0.2) is 5.72 Å². The summed E-state index contributed by atoms with van der Waals surface area (Å²) < 4.78 is 5.07. The Bertz CT molecular complexity index is 507. The summed E-state index contributed by atoms with van der Waals surface area (Å²) in [5.41, 5.74) is 0.346. The Balaban J connectivity index is 2.19. The topological polar surface area (TPSA) is 82.3 Å².